The molecule has 0 unspecified atom stereocenters. The van der Waals surface area contributed by atoms with E-state index in [1.165, 1.54) is 11.0 Å². The van der Waals surface area contributed by atoms with Gasteiger partial charge in [0.05, 0.1) is 12.2 Å². The molecule has 3 N–H and O–H groups in total. The van der Waals surface area contributed by atoms with E-state index in [1.54, 1.807) is 32.9 Å². The van der Waals surface area contributed by atoms with E-state index in [0.717, 1.165) is 0 Å². The number of ether oxygens (including phenoxy) is 1. The molecule has 1 aromatic rings. The monoisotopic (exact) mass is 517 g/mol. The third kappa shape index (κ3) is 6.58. The number of carboxylic acids is 1. The van der Waals surface area contributed by atoms with Crippen LogP contribution in [0.1, 0.15) is 44.0 Å². The Kier molecular flexibility index (Phi) is 7.44. The van der Waals surface area contributed by atoms with Crippen LogP contribution in [-0.2, 0) is 14.3 Å². The maximum Gasteiger partial charge on any atom is 0.412 e. The van der Waals surface area contributed by atoms with Gasteiger partial charge in [0.25, 0.3) is 5.91 Å². The highest BCUT2D eigenvalue weighted by atomic mass is 127. The first-order valence-corrected chi connectivity index (χ1v) is 10.2. The minimum atomic E-state index is -1.04. The molecule has 0 bridgehead atoms. The van der Waals surface area contributed by atoms with Gasteiger partial charge >= 0.3 is 12.1 Å². The number of likely N-dealkylation sites (tertiary alicyclic amines) is 1. The standard InChI is InChI=1S/C19H24IN3O6/c1-19(2,3)29-18(28)22-13-7-6-11(9-12(13)20)16(25)21-10-15(24)23-8-4-5-14(23)17(26)27/h6-7,9,14H,4-5,8,10H2,1-3H3,(H,21,25)(H,22,28)(H,26,27)/t14-/m1/s1. The average molecular weight is 517 g/mol. The first-order valence-electron chi connectivity index (χ1n) is 9.08. The quantitative estimate of drug-likeness (QED) is 0.516. The molecule has 0 aliphatic carbocycles. The average Bonchev–Trinajstić information content (AvgIpc) is 3.09. The summed E-state index contributed by atoms with van der Waals surface area (Å²) in [5.41, 5.74) is 0.179. The van der Waals surface area contributed by atoms with Crippen LogP contribution in [0.2, 0.25) is 0 Å². The summed E-state index contributed by atoms with van der Waals surface area (Å²) in [7, 11) is 0. The third-order valence-corrected chi connectivity index (χ3v) is 5.02. The van der Waals surface area contributed by atoms with Crippen LogP contribution in [0.4, 0.5) is 10.5 Å². The Bertz CT molecular complexity index is 821. The van der Waals surface area contributed by atoms with E-state index in [4.69, 9.17) is 9.84 Å². The molecule has 2 rings (SSSR count). The van der Waals surface area contributed by atoms with Crippen molar-refractivity contribution in [2.24, 2.45) is 0 Å². The van der Waals surface area contributed by atoms with Gasteiger partial charge in [-0.15, -0.1) is 0 Å². The number of hydrogen-bond donors (Lipinski definition) is 3. The Morgan fingerprint density at radius 1 is 1.28 bits per heavy atom. The number of hydrogen-bond acceptors (Lipinski definition) is 5. The Labute approximate surface area is 182 Å². The lowest BCUT2D eigenvalue weighted by molar-refractivity contribution is -0.147. The molecule has 1 aliphatic heterocycles. The summed E-state index contributed by atoms with van der Waals surface area (Å²) in [4.78, 5) is 48.9. The highest BCUT2D eigenvalue weighted by molar-refractivity contribution is 14.1. The number of amides is 3. The predicted octanol–water partition coefficient (Wildman–Crippen LogP) is 2.44. The van der Waals surface area contributed by atoms with Crippen LogP contribution in [0.5, 0.6) is 0 Å². The minimum Gasteiger partial charge on any atom is -0.480 e. The summed E-state index contributed by atoms with van der Waals surface area (Å²) in [5, 5.41) is 14.3. The molecule has 29 heavy (non-hydrogen) atoms. The molecule has 1 heterocycles. The van der Waals surface area contributed by atoms with E-state index in [9.17, 15) is 19.2 Å². The molecule has 9 nitrogen and oxygen atoms in total. The van der Waals surface area contributed by atoms with Crippen LogP contribution in [0, 0.1) is 3.57 Å². The number of rotatable bonds is 5. The van der Waals surface area contributed by atoms with Crippen LogP contribution in [0.3, 0.4) is 0 Å². The molecule has 1 aliphatic rings. The fourth-order valence-electron chi connectivity index (χ4n) is 2.85. The highest BCUT2D eigenvalue weighted by Gasteiger charge is 2.33. The lowest BCUT2D eigenvalue weighted by Gasteiger charge is -2.21. The van der Waals surface area contributed by atoms with Gasteiger partial charge in [-0.1, -0.05) is 0 Å². The molecule has 1 atom stereocenters. The molecular weight excluding hydrogens is 493 g/mol. The number of carbonyl (C=O) groups excluding carboxylic acids is 3. The Morgan fingerprint density at radius 2 is 1.97 bits per heavy atom. The lowest BCUT2D eigenvalue weighted by Crippen LogP contribution is -2.45. The van der Waals surface area contributed by atoms with Crippen molar-refractivity contribution in [3.05, 3.63) is 27.3 Å². The summed E-state index contributed by atoms with van der Waals surface area (Å²) in [6.45, 7) is 5.36. The second-order valence-electron chi connectivity index (χ2n) is 7.59. The summed E-state index contributed by atoms with van der Waals surface area (Å²) < 4.78 is 5.82. The number of carbonyl (C=O) groups is 4. The fourth-order valence-corrected chi connectivity index (χ4v) is 3.50. The van der Waals surface area contributed by atoms with Gasteiger partial charge < -0.3 is 20.1 Å². The zero-order valence-corrected chi connectivity index (χ0v) is 18.6. The van der Waals surface area contributed by atoms with E-state index >= 15 is 0 Å². The molecule has 1 aromatic carbocycles. The Balaban J connectivity index is 1.94. The van der Waals surface area contributed by atoms with Crippen molar-refractivity contribution in [3.63, 3.8) is 0 Å². The smallest absolute Gasteiger partial charge is 0.412 e. The Morgan fingerprint density at radius 3 is 2.55 bits per heavy atom. The molecular formula is C19H24IN3O6. The number of halogens is 1. The largest absolute Gasteiger partial charge is 0.480 e. The first kappa shape index (κ1) is 22.9. The van der Waals surface area contributed by atoms with Gasteiger partial charge in [0, 0.05) is 15.7 Å². The van der Waals surface area contributed by atoms with Crippen molar-refractivity contribution in [2.45, 2.75) is 45.3 Å². The third-order valence-electron chi connectivity index (χ3n) is 4.13. The molecule has 0 saturated carbocycles. The maximum atomic E-state index is 12.3. The van der Waals surface area contributed by atoms with Crippen molar-refractivity contribution in [2.75, 3.05) is 18.4 Å². The van der Waals surface area contributed by atoms with Gasteiger partial charge in [-0.05, 0) is 74.4 Å². The van der Waals surface area contributed by atoms with Crippen LogP contribution in [-0.4, -0.2) is 58.6 Å². The van der Waals surface area contributed by atoms with Crippen molar-refractivity contribution >= 4 is 52.2 Å². The number of benzene rings is 1. The van der Waals surface area contributed by atoms with E-state index in [1.807, 2.05) is 22.6 Å². The minimum absolute atomic E-state index is 0.281. The molecule has 0 aromatic heterocycles. The van der Waals surface area contributed by atoms with Gasteiger partial charge in [-0.3, -0.25) is 14.9 Å². The molecule has 1 saturated heterocycles. The number of aliphatic carboxylic acids is 1. The topological polar surface area (TPSA) is 125 Å². The number of anilines is 1. The van der Waals surface area contributed by atoms with Crippen LogP contribution < -0.4 is 10.6 Å². The first-order chi connectivity index (χ1) is 13.5. The van der Waals surface area contributed by atoms with Crippen molar-refractivity contribution in [3.8, 4) is 0 Å². The van der Waals surface area contributed by atoms with Gasteiger partial charge in [-0.2, -0.15) is 0 Å². The van der Waals surface area contributed by atoms with Crippen LogP contribution in [0.25, 0.3) is 0 Å². The summed E-state index contributed by atoms with van der Waals surface area (Å²) >= 11 is 1.98. The summed E-state index contributed by atoms with van der Waals surface area (Å²) in [6.07, 6.45) is 0.442. The summed E-state index contributed by atoms with van der Waals surface area (Å²) in [6, 6.07) is 3.83. The Hall–Kier alpha value is -2.37. The maximum absolute atomic E-state index is 12.3. The second kappa shape index (κ2) is 9.42. The molecule has 0 spiro atoms. The van der Waals surface area contributed by atoms with E-state index in [-0.39, 0.29) is 6.54 Å². The summed E-state index contributed by atoms with van der Waals surface area (Å²) in [5.74, 6) is -1.93. The zero-order valence-electron chi connectivity index (χ0n) is 16.5. The van der Waals surface area contributed by atoms with Crippen LogP contribution >= 0.6 is 22.6 Å². The fraction of sp³-hybridized carbons (Fsp3) is 0.474. The lowest BCUT2D eigenvalue weighted by atomic mass is 10.2. The molecule has 0 radical (unpaired) electrons. The SMILES string of the molecule is CC(C)(C)OC(=O)Nc1ccc(C(=O)NCC(=O)N2CCC[C@@H]2C(=O)O)cc1I. The molecule has 158 valence electrons. The molecule has 1 fully saturated rings. The normalized spacial score (nSPS) is 16.3. The molecule has 3 amide bonds. The predicted molar refractivity (Wildman–Crippen MR) is 114 cm³/mol. The van der Waals surface area contributed by atoms with Crippen LogP contribution in [0.15, 0.2) is 18.2 Å². The number of nitrogens with one attached hydrogen (secondary N) is 2. The van der Waals surface area contributed by atoms with Crippen molar-refractivity contribution in [1.82, 2.24) is 10.2 Å². The highest BCUT2D eigenvalue weighted by Crippen LogP contribution is 2.21. The zero-order chi connectivity index (χ0) is 21.8. The van der Waals surface area contributed by atoms with E-state index in [2.05, 4.69) is 10.6 Å². The van der Waals surface area contributed by atoms with Crippen molar-refractivity contribution < 1.29 is 29.0 Å². The molecule has 10 heteroatoms. The van der Waals surface area contributed by atoms with E-state index in [0.29, 0.717) is 34.2 Å². The number of carboxylic acid groups (broad SMARTS) is 1. The van der Waals surface area contributed by atoms with Crippen molar-refractivity contribution in [1.29, 1.82) is 0 Å². The van der Waals surface area contributed by atoms with Gasteiger partial charge in [0.2, 0.25) is 5.91 Å². The number of nitrogens with zero attached hydrogens (tertiary/aromatic N) is 1. The van der Waals surface area contributed by atoms with Gasteiger partial charge in [-0.25, -0.2) is 9.59 Å². The second-order valence-corrected chi connectivity index (χ2v) is 8.75. The van der Waals surface area contributed by atoms with Gasteiger partial charge in [0.1, 0.15) is 11.6 Å². The van der Waals surface area contributed by atoms with E-state index < -0.39 is 35.5 Å². The van der Waals surface area contributed by atoms with Gasteiger partial charge in [0.15, 0.2) is 0 Å².